The summed E-state index contributed by atoms with van der Waals surface area (Å²) in [6, 6.07) is 18.8. The minimum atomic E-state index is -0.134. The standard InChI is InChI=1S/C19H15N3O2S/c23-19(16-12-25-17-8-2-1-7-15(16)17)21-13-5-3-6-14(11-13)24-18-9-4-10-20-22-18/h1-11,16H,12H2,(H,21,23)/t16-/m0/s1. The second kappa shape index (κ2) is 6.94. The van der Waals surface area contributed by atoms with Gasteiger partial charge in [-0.3, -0.25) is 4.79 Å². The van der Waals surface area contributed by atoms with Gasteiger partial charge in [-0.25, -0.2) is 0 Å². The number of carbonyl (C=O) groups is 1. The van der Waals surface area contributed by atoms with Crippen molar-refractivity contribution >= 4 is 23.4 Å². The lowest BCUT2D eigenvalue weighted by atomic mass is 10.0. The predicted octanol–water partition coefficient (Wildman–Crippen LogP) is 4.10. The maximum absolute atomic E-state index is 12.7. The van der Waals surface area contributed by atoms with Crippen molar-refractivity contribution in [3.8, 4) is 11.6 Å². The number of ether oxygens (including phenoxy) is 1. The first kappa shape index (κ1) is 15.7. The number of carbonyl (C=O) groups excluding carboxylic acids is 1. The number of anilines is 1. The van der Waals surface area contributed by atoms with E-state index < -0.39 is 0 Å². The molecule has 5 nitrogen and oxygen atoms in total. The summed E-state index contributed by atoms with van der Waals surface area (Å²) in [6.07, 6.45) is 1.58. The molecule has 1 aromatic heterocycles. The number of fused-ring (bicyclic) bond motifs is 1. The van der Waals surface area contributed by atoms with Crippen molar-refractivity contribution < 1.29 is 9.53 Å². The van der Waals surface area contributed by atoms with Crippen LogP contribution in [0.3, 0.4) is 0 Å². The van der Waals surface area contributed by atoms with Gasteiger partial charge >= 0.3 is 0 Å². The average Bonchev–Trinajstić information content (AvgIpc) is 3.07. The summed E-state index contributed by atoms with van der Waals surface area (Å²) in [4.78, 5) is 13.8. The third-order valence-corrected chi connectivity index (χ3v) is 5.07. The first-order valence-corrected chi connectivity index (χ1v) is 8.86. The number of nitrogens with zero attached hydrogens (tertiary/aromatic N) is 2. The van der Waals surface area contributed by atoms with Crippen molar-refractivity contribution in [3.05, 3.63) is 72.4 Å². The highest BCUT2D eigenvalue weighted by Crippen LogP contribution is 2.39. The maximum atomic E-state index is 12.7. The van der Waals surface area contributed by atoms with Gasteiger partial charge in [0, 0.05) is 34.7 Å². The Balaban J connectivity index is 1.48. The summed E-state index contributed by atoms with van der Waals surface area (Å²) in [5.74, 6) is 1.63. The van der Waals surface area contributed by atoms with Crippen molar-refractivity contribution in [3.63, 3.8) is 0 Å². The first-order chi connectivity index (χ1) is 12.3. The van der Waals surface area contributed by atoms with Crippen LogP contribution in [0.25, 0.3) is 0 Å². The predicted molar refractivity (Wildman–Crippen MR) is 97.1 cm³/mol. The van der Waals surface area contributed by atoms with Crippen LogP contribution in [-0.2, 0) is 4.79 Å². The van der Waals surface area contributed by atoms with Gasteiger partial charge < -0.3 is 10.1 Å². The number of aromatic nitrogens is 2. The lowest BCUT2D eigenvalue weighted by Gasteiger charge is -2.12. The lowest BCUT2D eigenvalue weighted by Crippen LogP contribution is -2.20. The molecule has 0 bridgehead atoms. The Morgan fingerprint density at radius 2 is 2.04 bits per heavy atom. The van der Waals surface area contributed by atoms with Crippen LogP contribution in [0.4, 0.5) is 5.69 Å². The van der Waals surface area contributed by atoms with Gasteiger partial charge in [0.25, 0.3) is 0 Å². The van der Waals surface area contributed by atoms with Crippen LogP contribution in [0, 0.1) is 0 Å². The third-order valence-electron chi connectivity index (χ3n) is 3.89. The minimum absolute atomic E-state index is 0.00546. The van der Waals surface area contributed by atoms with Crippen molar-refractivity contribution in [2.45, 2.75) is 10.8 Å². The third kappa shape index (κ3) is 3.49. The molecule has 1 N–H and O–H groups in total. The zero-order valence-corrected chi connectivity index (χ0v) is 14.1. The Kier molecular flexibility index (Phi) is 4.35. The molecule has 1 atom stereocenters. The highest BCUT2D eigenvalue weighted by molar-refractivity contribution is 7.99. The Bertz CT molecular complexity index is 902. The van der Waals surface area contributed by atoms with Gasteiger partial charge in [0.05, 0.1) is 5.92 Å². The molecule has 0 aliphatic carbocycles. The molecule has 25 heavy (non-hydrogen) atoms. The summed E-state index contributed by atoms with van der Waals surface area (Å²) in [6.45, 7) is 0. The first-order valence-electron chi connectivity index (χ1n) is 7.88. The van der Waals surface area contributed by atoms with Crippen molar-refractivity contribution in [1.29, 1.82) is 0 Å². The fourth-order valence-electron chi connectivity index (χ4n) is 2.71. The fourth-order valence-corrected chi connectivity index (χ4v) is 3.94. The van der Waals surface area contributed by atoms with E-state index in [9.17, 15) is 4.79 Å². The van der Waals surface area contributed by atoms with Gasteiger partial charge in [0.1, 0.15) is 5.75 Å². The smallest absolute Gasteiger partial charge is 0.238 e. The zero-order valence-electron chi connectivity index (χ0n) is 13.3. The highest BCUT2D eigenvalue weighted by atomic mass is 32.2. The maximum Gasteiger partial charge on any atom is 0.238 e. The van der Waals surface area contributed by atoms with Crippen LogP contribution in [0.15, 0.2) is 71.8 Å². The van der Waals surface area contributed by atoms with E-state index in [1.807, 2.05) is 36.4 Å². The zero-order chi connectivity index (χ0) is 17.1. The molecule has 1 amide bonds. The molecule has 3 aromatic rings. The Labute approximate surface area is 149 Å². The van der Waals surface area contributed by atoms with E-state index in [-0.39, 0.29) is 11.8 Å². The highest BCUT2D eigenvalue weighted by Gasteiger charge is 2.28. The van der Waals surface area contributed by atoms with Gasteiger partial charge in [-0.2, -0.15) is 5.10 Å². The monoisotopic (exact) mass is 349 g/mol. The topological polar surface area (TPSA) is 64.1 Å². The Morgan fingerprint density at radius 1 is 1.12 bits per heavy atom. The van der Waals surface area contributed by atoms with Crippen LogP contribution in [-0.4, -0.2) is 21.9 Å². The molecule has 0 unspecified atom stereocenters. The molecule has 1 aliphatic heterocycles. The number of rotatable bonds is 4. The summed E-state index contributed by atoms with van der Waals surface area (Å²) < 4.78 is 5.65. The summed E-state index contributed by atoms with van der Waals surface area (Å²) in [5.41, 5.74) is 1.79. The normalized spacial score (nSPS) is 15.4. The van der Waals surface area contributed by atoms with E-state index in [4.69, 9.17) is 4.74 Å². The molecule has 4 rings (SSSR count). The quantitative estimate of drug-likeness (QED) is 0.768. The van der Waals surface area contributed by atoms with E-state index in [2.05, 4.69) is 21.6 Å². The number of amides is 1. The van der Waals surface area contributed by atoms with Gasteiger partial charge in [-0.15, -0.1) is 16.9 Å². The van der Waals surface area contributed by atoms with Gasteiger partial charge in [0.2, 0.25) is 11.8 Å². The Hall–Kier alpha value is -2.86. The van der Waals surface area contributed by atoms with Gasteiger partial charge in [0.15, 0.2) is 0 Å². The van der Waals surface area contributed by atoms with Crippen LogP contribution in [0.2, 0.25) is 0 Å². The lowest BCUT2D eigenvalue weighted by molar-refractivity contribution is -0.117. The van der Waals surface area contributed by atoms with E-state index >= 15 is 0 Å². The number of thioether (sulfide) groups is 1. The Morgan fingerprint density at radius 3 is 2.92 bits per heavy atom. The molecule has 0 saturated heterocycles. The van der Waals surface area contributed by atoms with Crippen LogP contribution in [0.1, 0.15) is 11.5 Å². The number of benzene rings is 2. The van der Waals surface area contributed by atoms with Crippen molar-refractivity contribution in [2.75, 3.05) is 11.1 Å². The molecule has 2 aromatic carbocycles. The fraction of sp³-hybridized carbons (Fsp3) is 0.105. The SMILES string of the molecule is O=C(Nc1cccc(Oc2cccnn2)c1)[C@H]1CSc2ccccc21. The number of hydrogen-bond acceptors (Lipinski definition) is 5. The van der Waals surface area contributed by atoms with Crippen LogP contribution in [0.5, 0.6) is 11.6 Å². The van der Waals surface area contributed by atoms with Crippen LogP contribution < -0.4 is 10.1 Å². The molecule has 2 heterocycles. The minimum Gasteiger partial charge on any atom is -0.437 e. The van der Waals surface area contributed by atoms with Crippen LogP contribution >= 0.6 is 11.8 Å². The van der Waals surface area contributed by atoms with Gasteiger partial charge in [-0.05, 0) is 29.8 Å². The average molecular weight is 349 g/mol. The van der Waals surface area contributed by atoms with E-state index in [1.165, 1.54) is 4.90 Å². The van der Waals surface area contributed by atoms with E-state index in [1.54, 1.807) is 36.2 Å². The van der Waals surface area contributed by atoms with Gasteiger partial charge in [-0.1, -0.05) is 24.3 Å². The van der Waals surface area contributed by atoms with E-state index in [0.717, 1.165) is 11.3 Å². The molecule has 0 spiro atoms. The summed E-state index contributed by atoms with van der Waals surface area (Å²) >= 11 is 1.72. The number of nitrogens with one attached hydrogen (secondary N) is 1. The molecule has 124 valence electrons. The summed E-state index contributed by atoms with van der Waals surface area (Å²) in [5, 5.41) is 10.7. The molecule has 6 heteroatoms. The molecule has 1 aliphatic rings. The number of hydrogen-bond donors (Lipinski definition) is 1. The molecule has 0 fully saturated rings. The van der Waals surface area contributed by atoms with Crippen molar-refractivity contribution in [1.82, 2.24) is 10.2 Å². The summed E-state index contributed by atoms with van der Waals surface area (Å²) in [7, 11) is 0. The van der Waals surface area contributed by atoms with Crippen molar-refractivity contribution in [2.24, 2.45) is 0 Å². The molecular weight excluding hydrogens is 334 g/mol. The molecule has 0 radical (unpaired) electrons. The molecule has 0 saturated carbocycles. The second-order valence-corrected chi connectivity index (χ2v) is 6.64. The van der Waals surface area contributed by atoms with E-state index in [0.29, 0.717) is 17.3 Å². The molecular formula is C19H15N3O2S. The second-order valence-electron chi connectivity index (χ2n) is 5.58. The largest absolute Gasteiger partial charge is 0.437 e.